The molecule has 1 N–H and O–H groups in total. The van der Waals surface area contributed by atoms with Gasteiger partial charge in [0.25, 0.3) is 5.91 Å². The fourth-order valence-corrected chi connectivity index (χ4v) is 4.48. The first-order valence-electron chi connectivity index (χ1n) is 11.8. The molecule has 1 amide bonds. The normalized spacial score (nSPS) is 14.4. The SMILES string of the molecule is O=C(NC1CCOCC1)c1ccc(-c2ccc3nnn(Cc4cccc5cccnc45)c3n2)cc1. The Morgan fingerprint density at radius 2 is 1.83 bits per heavy atom. The van der Waals surface area contributed by atoms with E-state index in [1.165, 1.54) is 0 Å². The first-order chi connectivity index (χ1) is 17.2. The molecular weight excluding hydrogens is 440 g/mol. The number of carbonyl (C=O) groups is 1. The minimum Gasteiger partial charge on any atom is -0.381 e. The van der Waals surface area contributed by atoms with Crippen LogP contribution in [0.1, 0.15) is 28.8 Å². The smallest absolute Gasteiger partial charge is 0.251 e. The van der Waals surface area contributed by atoms with Crippen LogP contribution in [-0.2, 0) is 11.3 Å². The van der Waals surface area contributed by atoms with Gasteiger partial charge in [-0.1, -0.05) is 41.6 Å². The summed E-state index contributed by atoms with van der Waals surface area (Å²) >= 11 is 0. The molecule has 1 aliphatic rings. The topological polar surface area (TPSA) is 94.8 Å². The highest BCUT2D eigenvalue weighted by atomic mass is 16.5. The number of para-hydroxylation sites is 1. The molecule has 3 aromatic heterocycles. The number of carbonyl (C=O) groups excluding carboxylic acids is 1. The standard InChI is InChI=1S/C27H24N6O2/c34-27(29-22-12-15-35-16-13-22)20-8-6-18(7-9-20)23-10-11-24-26(30-23)33(32-31-24)17-21-4-1-3-19-5-2-14-28-25(19)21/h1-11,14,22H,12-13,15-17H2,(H,29,34). The lowest BCUT2D eigenvalue weighted by Gasteiger charge is -2.23. The zero-order chi connectivity index (χ0) is 23.6. The fourth-order valence-electron chi connectivity index (χ4n) is 4.48. The number of rotatable bonds is 5. The lowest BCUT2D eigenvalue weighted by atomic mass is 10.1. The highest BCUT2D eigenvalue weighted by Crippen LogP contribution is 2.23. The lowest BCUT2D eigenvalue weighted by molar-refractivity contribution is 0.0696. The zero-order valence-electron chi connectivity index (χ0n) is 19.1. The number of hydrogen-bond donors (Lipinski definition) is 1. The Bertz CT molecular complexity index is 1500. The average Bonchev–Trinajstić information content (AvgIpc) is 3.31. The van der Waals surface area contributed by atoms with Gasteiger partial charge in [-0.15, -0.1) is 5.10 Å². The Balaban J connectivity index is 1.25. The predicted molar refractivity (Wildman–Crippen MR) is 133 cm³/mol. The van der Waals surface area contributed by atoms with Crippen molar-refractivity contribution in [1.29, 1.82) is 0 Å². The summed E-state index contributed by atoms with van der Waals surface area (Å²) < 4.78 is 7.17. The number of aromatic nitrogens is 5. The summed E-state index contributed by atoms with van der Waals surface area (Å²) in [6.45, 7) is 1.91. The van der Waals surface area contributed by atoms with Gasteiger partial charge in [0.2, 0.25) is 0 Å². The maximum atomic E-state index is 12.6. The van der Waals surface area contributed by atoms with E-state index in [1.54, 1.807) is 10.9 Å². The van der Waals surface area contributed by atoms with E-state index in [0.717, 1.165) is 46.1 Å². The minimum absolute atomic E-state index is 0.0576. The molecule has 35 heavy (non-hydrogen) atoms. The molecule has 1 aliphatic heterocycles. The van der Waals surface area contributed by atoms with Crippen LogP contribution in [0.25, 0.3) is 33.3 Å². The van der Waals surface area contributed by atoms with Crippen molar-refractivity contribution in [1.82, 2.24) is 30.3 Å². The second-order valence-electron chi connectivity index (χ2n) is 8.72. The van der Waals surface area contributed by atoms with Gasteiger partial charge in [-0.2, -0.15) is 0 Å². The lowest BCUT2D eigenvalue weighted by Crippen LogP contribution is -2.38. The minimum atomic E-state index is -0.0576. The van der Waals surface area contributed by atoms with Crippen LogP contribution in [-0.4, -0.2) is 50.1 Å². The first kappa shape index (κ1) is 21.4. The molecule has 4 heterocycles. The molecule has 1 saturated heterocycles. The molecule has 8 nitrogen and oxygen atoms in total. The summed E-state index contributed by atoms with van der Waals surface area (Å²) in [5.41, 5.74) is 5.80. The van der Waals surface area contributed by atoms with Crippen molar-refractivity contribution in [3.05, 3.63) is 84.1 Å². The quantitative estimate of drug-likeness (QED) is 0.423. The average molecular weight is 465 g/mol. The van der Waals surface area contributed by atoms with E-state index in [0.29, 0.717) is 31.0 Å². The molecule has 1 fully saturated rings. The maximum Gasteiger partial charge on any atom is 0.251 e. The number of hydrogen-bond acceptors (Lipinski definition) is 6. The summed E-state index contributed by atoms with van der Waals surface area (Å²) in [5.74, 6) is -0.0576. The van der Waals surface area contributed by atoms with Gasteiger partial charge in [-0.25, -0.2) is 9.67 Å². The fraction of sp³-hybridized carbons (Fsp3) is 0.222. The van der Waals surface area contributed by atoms with Crippen LogP contribution in [0.2, 0.25) is 0 Å². The van der Waals surface area contributed by atoms with Crippen molar-refractivity contribution in [2.45, 2.75) is 25.4 Å². The molecule has 0 spiro atoms. The van der Waals surface area contributed by atoms with E-state index in [1.807, 2.05) is 48.5 Å². The van der Waals surface area contributed by atoms with Crippen molar-refractivity contribution < 1.29 is 9.53 Å². The summed E-state index contributed by atoms with van der Waals surface area (Å²) in [6.07, 6.45) is 3.50. The maximum absolute atomic E-state index is 12.6. The van der Waals surface area contributed by atoms with Gasteiger partial charge in [0.1, 0.15) is 5.52 Å². The highest BCUT2D eigenvalue weighted by Gasteiger charge is 2.17. The number of benzene rings is 2. The van der Waals surface area contributed by atoms with Crippen LogP contribution in [0.5, 0.6) is 0 Å². The van der Waals surface area contributed by atoms with Gasteiger partial charge in [-0.05, 0) is 48.7 Å². The molecule has 0 atom stereocenters. The van der Waals surface area contributed by atoms with Crippen LogP contribution in [0, 0.1) is 0 Å². The van der Waals surface area contributed by atoms with Gasteiger partial charge < -0.3 is 10.1 Å². The second kappa shape index (κ2) is 9.23. The van der Waals surface area contributed by atoms with Gasteiger partial charge in [0, 0.05) is 42.0 Å². The van der Waals surface area contributed by atoms with Gasteiger partial charge in [0.15, 0.2) is 5.65 Å². The van der Waals surface area contributed by atoms with Gasteiger partial charge in [-0.3, -0.25) is 9.78 Å². The van der Waals surface area contributed by atoms with Gasteiger partial charge >= 0.3 is 0 Å². The van der Waals surface area contributed by atoms with Crippen molar-refractivity contribution in [2.24, 2.45) is 0 Å². The van der Waals surface area contributed by atoms with E-state index in [9.17, 15) is 4.79 Å². The van der Waals surface area contributed by atoms with Crippen LogP contribution in [0.4, 0.5) is 0 Å². The number of nitrogens with one attached hydrogen (secondary N) is 1. The van der Waals surface area contributed by atoms with Crippen molar-refractivity contribution in [3.8, 4) is 11.3 Å². The molecule has 2 aromatic carbocycles. The van der Waals surface area contributed by atoms with Crippen LogP contribution in [0.3, 0.4) is 0 Å². The van der Waals surface area contributed by atoms with Crippen molar-refractivity contribution in [3.63, 3.8) is 0 Å². The van der Waals surface area contributed by atoms with Crippen molar-refractivity contribution in [2.75, 3.05) is 13.2 Å². The first-order valence-corrected chi connectivity index (χ1v) is 11.8. The van der Waals surface area contributed by atoms with E-state index in [4.69, 9.17) is 9.72 Å². The largest absolute Gasteiger partial charge is 0.381 e. The molecular formula is C27H24N6O2. The Hall–Kier alpha value is -4.17. The Morgan fingerprint density at radius 1 is 1.00 bits per heavy atom. The summed E-state index contributed by atoms with van der Waals surface area (Å²) in [5, 5.41) is 12.8. The van der Waals surface area contributed by atoms with E-state index in [2.05, 4.69) is 38.8 Å². The number of fused-ring (bicyclic) bond motifs is 2. The van der Waals surface area contributed by atoms with E-state index in [-0.39, 0.29) is 11.9 Å². The number of nitrogens with zero attached hydrogens (tertiary/aromatic N) is 5. The monoisotopic (exact) mass is 464 g/mol. The second-order valence-corrected chi connectivity index (χ2v) is 8.72. The van der Waals surface area contributed by atoms with E-state index < -0.39 is 0 Å². The Morgan fingerprint density at radius 3 is 2.69 bits per heavy atom. The summed E-state index contributed by atoms with van der Waals surface area (Å²) in [4.78, 5) is 22.0. The summed E-state index contributed by atoms with van der Waals surface area (Å²) in [7, 11) is 0. The summed E-state index contributed by atoms with van der Waals surface area (Å²) in [6, 6.07) is 21.7. The predicted octanol–water partition coefficient (Wildman–Crippen LogP) is 4.00. The number of amides is 1. The molecule has 0 bridgehead atoms. The third-order valence-electron chi connectivity index (χ3n) is 6.40. The Kier molecular flexibility index (Phi) is 5.64. The molecule has 0 radical (unpaired) electrons. The highest BCUT2D eigenvalue weighted by molar-refractivity contribution is 5.95. The molecule has 0 unspecified atom stereocenters. The third-order valence-corrected chi connectivity index (χ3v) is 6.40. The van der Waals surface area contributed by atoms with Crippen LogP contribution >= 0.6 is 0 Å². The van der Waals surface area contributed by atoms with E-state index >= 15 is 0 Å². The molecule has 174 valence electrons. The zero-order valence-corrected chi connectivity index (χ0v) is 19.1. The van der Waals surface area contributed by atoms with Crippen molar-refractivity contribution >= 4 is 28.0 Å². The molecule has 0 aliphatic carbocycles. The molecule has 6 rings (SSSR count). The Labute approximate surface area is 202 Å². The molecule has 5 aromatic rings. The van der Waals surface area contributed by atoms with Crippen LogP contribution < -0.4 is 5.32 Å². The molecule has 8 heteroatoms. The number of ether oxygens (including phenoxy) is 1. The van der Waals surface area contributed by atoms with Gasteiger partial charge in [0.05, 0.1) is 17.8 Å². The van der Waals surface area contributed by atoms with Crippen LogP contribution in [0.15, 0.2) is 72.9 Å². The molecule has 0 saturated carbocycles. The number of pyridine rings is 2. The third kappa shape index (κ3) is 4.36.